The summed E-state index contributed by atoms with van der Waals surface area (Å²) >= 11 is 1.57. The highest BCUT2D eigenvalue weighted by Crippen LogP contribution is 2.17. The minimum Gasteiger partial charge on any atom is -0.396 e. The first kappa shape index (κ1) is 18.0. The first-order valence-corrected chi connectivity index (χ1v) is 8.71. The van der Waals surface area contributed by atoms with Crippen molar-refractivity contribution in [2.24, 2.45) is 0 Å². The lowest BCUT2D eigenvalue weighted by molar-refractivity contribution is 0.112. The summed E-state index contributed by atoms with van der Waals surface area (Å²) in [5.41, 5.74) is 3.24. The monoisotopic (exact) mass is 336 g/mol. The SMILES string of the molecule is O=Cc1ccc(SCCO)cc1.c1ccc(-c2ccccc2)cc1. The maximum absolute atomic E-state index is 10.3. The van der Waals surface area contributed by atoms with E-state index in [1.165, 1.54) is 11.1 Å². The van der Waals surface area contributed by atoms with E-state index >= 15 is 0 Å². The number of thioether (sulfide) groups is 1. The van der Waals surface area contributed by atoms with Gasteiger partial charge in [0.05, 0.1) is 6.61 Å². The van der Waals surface area contributed by atoms with Gasteiger partial charge in [0.15, 0.2) is 0 Å². The molecule has 0 atom stereocenters. The number of aliphatic hydroxyl groups excluding tert-OH is 1. The molecule has 0 saturated heterocycles. The van der Waals surface area contributed by atoms with Crippen molar-refractivity contribution in [1.82, 2.24) is 0 Å². The lowest BCUT2D eigenvalue weighted by Gasteiger charge is -1.98. The van der Waals surface area contributed by atoms with Gasteiger partial charge >= 0.3 is 0 Å². The van der Waals surface area contributed by atoms with Crippen molar-refractivity contribution in [1.29, 1.82) is 0 Å². The maximum Gasteiger partial charge on any atom is 0.150 e. The van der Waals surface area contributed by atoms with Crippen LogP contribution in [0.2, 0.25) is 0 Å². The molecule has 2 nitrogen and oxygen atoms in total. The van der Waals surface area contributed by atoms with Crippen molar-refractivity contribution < 1.29 is 9.90 Å². The van der Waals surface area contributed by atoms with Crippen molar-refractivity contribution in [3.63, 3.8) is 0 Å². The molecule has 1 N–H and O–H groups in total. The van der Waals surface area contributed by atoms with Crippen molar-refractivity contribution in [3.8, 4) is 11.1 Å². The van der Waals surface area contributed by atoms with Crippen molar-refractivity contribution >= 4 is 18.0 Å². The fourth-order valence-electron chi connectivity index (χ4n) is 2.07. The van der Waals surface area contributed by atoms with Gasteiger partial charge in [0.1, 0.15) is 6.29 Å². The van der Waals surface area contributed by atoms with Crippen LogP contribution in [0.25, 0.3) is 11.1 Å². The summed E-state index contributed by atoms with van der Waals surface area (Å²) in [7, 11) is 0. The highest BCUT2D eigenvalue weighted by Gasteiger charge is 1.93. The Hall–Kier alpha value is -2.36. The van der Waals surface area contributed by atoms with Gasteiger partial charge in [-0.3, -0.25) is 4.79 Å². The molecule has 0 unspecified atom stereocenters. The van der Waals surface area contributed by atoms with Crippen LogP contribution < -0.4 is 0 Å². The Morgan fingerprint density at radius 1 is 0.750 bits per heavy atom. The Labute approximate surface area is 147 Å². The van der Waals surface area contributed by atoms with Gasteiger partial charge in [-0.2, -0.15) is 0 Å². The second-order valence-corrected chi connectivity index (χ2v) is 6.16. The van der Waals surface area contributed by atoms with Gasteiger partial charge < -0.3 is 5.11 Å². The molecular weight excluding hydrogens is 316 g/mol. The Morgan fingerprint density at radius 3 is 1.67 bits per heavy atom. The standard InChI is InChI=1S/C12H10.C9H10O2S/c1-3-7-11(8-4-1)12-9-5-2-6-10-12;10-5-6-12-9-3-1-8(7-11)2-4-9/h1-10H;1-4,7,10H,5-6H2. The zero-order valence-corrected chi connectivity index (χ0v) is 14.2. The molecule has 0 fully saturated rings. The van der Waals surface area contributed by atoms with Crippen LogP contribution in [0, 0.1) is 0 Å². The fourth-order valence-corrected chi connectivity index (χ4v) is 2.72. The topological polar surface area (TPSA) is 37.3 Å². The summed E-state index contributed by atoms with van der Waals surface area (Å²) in [6.45, 7) is 0.181. The first-order chi connectivity index (χ1) is 11.8. The Balaban J connectivity index is 0.000000174. The Bertz CT molecular complexity index is 672. The van der Waals surface area contributed by atoms with E-state index in [4.69, 9.17) is 5.11 Å². The molecule has 0 amide bonds. The summed E-state index contributed by atoms with van der Waals surface area (Å²) < 4.78 is 0. The smallest absolute Gasteiger partial charge is 0.150 e. The predicted octanol–water partition coefficient (Wildman–Crippen LogP) is 4.94. The van der Waals surface area contributed by atoms with E-state index in [9.17, 15) is 4.79 Å². The van der Waals surface area contributed by atoms with E-state index in [0.717, 1.165) is 11.2 Å². The number of hydrogen-bond donors (Lipinski definition) is 1. The molecule has 3 rings (SSSR count). The summed E-state index contributed by atoms with van der Waals surface area (Å²) in [6.07, 6.45) is 0.820. The van der Waals surface area contributed by atoms with Crippen LogP contribution >= 0.6 is 11.8 Å². The maximum atomic E-state index is 10.3. The van der Waals surface area contributed by atoms with Crippen molar-refractivity contribution in [3.05, 3.63) is 90.5 Å². The van der Waals surface area contributed by atoms with Gasteiger partial charge in [-0.05, 0) is 23.3 Å². The molecule has 0 saturated carbocycles. The molecule has 0 bridgehead atoms. The van der Waals surface area contributed by atoms with E-state index in [1.54, 1.807) is 23.9 Å². The molecule has 0 aliphatic rings. The third kappa shape index (κ3) is 6.03. The minimum absolute atomic E-state index is 0.181. The highest BCUT2D eigenvalue weighted by atomic mass is 32.2. The van der Waals surface area contributed by atoms with E-state index in [2.05, 4.69) is 48.5 Å². The van der Waals surface area contributed by atoms with Gasteiger partial charge in [-0.15, -0.1) is 11.8 Å². The van der Waals surface area contributed by atoms with E-state index in [0.29, 0.717) is 11.3 Å². The molecule has 0 heterocycles. The predicted molar refractivity (Wildman–Crippen MR) is 102 cm³/mol. The number of aliphatic hydroxyl groups is 1. The van der Waals surface area contributed by atoms with Crippen LogP contribution in [0.4, 0.5) is 0 Å². The van der Waals surface area contributed by atoms with Gasteiger partial charge in [0.25, 0.3) is 0 Å². The lowest BCUT2D eigenvalue weighted by atomic mass is 10.1. The van der Waals surface area contributed by atoms with E-state index in [-0.39, 0.29) is 6.61 Å². The van der Waals surface area contributed by atoms with Gasteiger partial charge in [0, 0.05) is 16.2 Å². The highest BCUT2D eigenvalue weighted by molar-refractivity contribution is 7.99. The summed E-state index contributed by atoms with van der Waals surface area (Å²) in [6, 6.07) is 28.1. The molecule has 3 heteroatoms. The number of hydrogen-bond acceptors (Lipinski definition) is 3. The van der Waals surface area contributed by atoms with E-state index in [1.807, 2.05) is 24.3 Å². The largest absolute Gasteiger partial charge is 0.396 e. The van der Waals surface area contributed by atoms with Crippen LogP contribution in [-0.4, -0.2) is 23.8 Å². The molecule has 0 aliphatic heterocycles. The molecule has 0 radical (unpaired) electrons. The number of carbonyl (C=O) groups excluding carboxylic acids is 1. The fraction of sp³-hybridized carbons (Fsp3) is 0.0952. The average Bonchev–Trinajstić information content (AvgIpc) is 2.69. The van der Waals surface area contributed by atoms with Crippen LogP contribution in [0.15, 0.2) is 89.8 Å². The van der Waals surface area contributed by atoms with Crippen molar-refractivity contribution in [2.75, 3.05) is 12.4 Å². The van der Waals surface area contributed by atoms with E-state index < -0.39 is 0 Å². The zero-order valence-electron chi connectivity index (χ0n) is 13.3. The van der Waals surface area contributed by atoms with Crippen LogP contribution in [0.1, 0.15) is 10.4 Å². The molecule has 0 aromatic heterocycles. The summed E-state index contributed by atoms with van der Waals surface area (Å²) in [4.78, 5) is 11.4. The minimum atomic E-state index is 0.181. The second-order valence-electron chi connectivity index (χ2n) is 4.99. The van der Waals surface area contributed by atoms with Crippen molar-refractivity contribution in [2.45, 2.75) is 4.90 Å². The molecule has 0 aliphatic carbocycles. The lowest BCUT2D eigenvalue weighted by Crippen LogP contribution is -1.85. The average molecular weight is 336 g/mol. The number of aldehydes is 1. The third-order valence-electron chi connectivity index (χ3n) is 3.26. The number of carbonyl (C=O) groups is 1. The number of rotatable bonds is 5. The molecule has 3 aromatic carbocycles. The van der Waals surface area contributed by atoms with Gasteiger partial charge in [0.2, 0.25) is 0 Å². The zero-order chi connectivity index (χ0) is 17.0. The normalized spacial score (nSPS) is 9.71. The quantitative estimate of drug-likeness (QED) is 0.530. The molecule has 122 valence electrons. The Kier molecular flexibility index (Phi) is 7.81. The van der Waals surface area contributed by atoms with Gasteiger partial charge in [-0.1, -0.05) is 72.8 Å². The number of benzene rings is 3. The molecular formula is C21H20O2S. The first-order valence-electron chi connectivity index (χ1n) is 7.73. The second kappa shape index (κ2) is 10.4. The van der Waals surface area contributed by atoms with Gasteiger partial charge in [-0.25, -0.2) is 0 Å². The molecule has 24 heavy (non-hydrogen) atoms. The Morgan fingerprint density at radius 2 is 1.25 bits per heavy atom. The molecule has 0 spiro atoms. The van der Waals surface area contributed by atoms with Crippen LogP contribution in [0.3, 0.4) is 0 Å². The van der Waals surface area contributed by atoms with Crippen LogP contribution in [0.5, 0.6) is 0 Å². The summed E-state index contributed by atoms with van der Waals surface area (Å²) in [5, 5.41) is 8.55. The molecule has 3 aromatic rings. The third-order valence-corrected chi connectivity index (χ3v) is 4.25. The summed E-state index contributed by atoms with van der Waals surface area (Å²) in [5.74, 6) is 0.695. The van der Waals surface area contributed by atoms with Crippen LogP contribution in [-0.2, 0) is 0 Å².